The maximum atomic E-state index is 13.7. The summed E-state index contributed by atoms with van der Waals surface area (Å²) in [7, 11) is 1.63. The summed E-state index contributed by atoms with van der Waals surface area (Å²) in [6.45, 7) is 1.84. The highest BCUT2D eigenvalue weighted by molar-refractivity contribution is 6.06. The smallest absolute Gasteiger partial charge is 0.352 e. The second-order valence-electron chi connectivity index (χ2n) is 9.44. The number of hydrogen-bond donors (Lipinski definition) is 3. The van der Waals surface area contributed by atoms with Gasteiger partial charge in [0.2, 0.25) is 11.8 Å². The van der Waals surface area contributed by atoms with Crippen LogP contribution >= 0.6 is 0 Å². The molecule has 0 radical (unpaired) electrons. The molecule has 1 saturated carbocycles. The Morgan fingerprint density at radius 2 is 2.06 bits per heavy atom. The van der Waals surface area contributed by atoms with Crippen molar-refractivity contribution in [3.63, 3.8) is 0 Å². The second kappa shape index (κ2) is 9.82. The van der Waals surface area contributed by atoms with E-state index in [1.165, 1.54) is 4.57 Å². The summed E-state index contributed by atoms with van der Waals surface area (Å²) < 4.78 is 1.53. The molecule has 9 nitrogen and oxygen atoms in total. The Labute approximate surface area is 208 Å². The zero-order valence-corrected chi connectivity index (χ0v) is 20.3. The quantitative estimate of drug-likeness (QED) is 0.466. The number of nitriles is 1. The van der Waals surface area contributed by atoms with Gasteiger partial charge in [-0.25, -0.2) is 4.79 Å². The third kappa shape index (κ3) is 4.19. The Morgan fingerprint density at radius 1 is 1.31 bits per heavy atom. The van der Waals surface area contributed by atoms with E-state index in [1.54, 1.807) is 43.6 Å². The van der Waals surface area contributed by atoms with Gasteiger partial charge in [0.25, 0.3) is 0 Å². The number of para-hydroxylation sites is 1. The lowest BCUT2D eigenvalue weighted by atomic mass is 9.60. The van der Waals surface area contributed by atoms with E-state index in [0.717, 1.165) is 11.3 Å². The van der Waals surface area contributed by atoms with Crippen LogP contribution in [0.4, 0.5) is 0 Å². The number of pyridine rings is 1. The van der Waals surface area contributed by atoms with Gasteiger partial charge in [-0.1, -0.05) is 31.0 Å². The molecule has 2 heterocycles. The van der Waals surface area contributed by atoms with Crippen LogP contribution in [-0.4, -0.2) is 38.5 Å². The van der Waals surface area contributed by atoms with Crippen molar-refractivity contribution >= 4 is 28.7 Å². The van der Waals surface area contributed by atoms with E-state index >= 15 is 0 Å². The topological polar surface area (TPSA) is 151 Å². The zero-order chi connectivity index (χ0) is 26.0. The van der Waals surface area contributed by atoms with Crippen LogP contribution in [-0.2, 0) is 28.5 Å². The molecule has 1 aliphatic carbocycles. The molecule has 3 aromatic rings. The molecule has 4 rings (SSSR count). The lowest BCUT2D eigenvalue weighted by Crippen LogP contribution is -2.56. The van der Waals surface area contributed by atoms with Crippen LogP contribution < -0.4 is 11.1 Å². The molecule has 2 amide bonds. The fourth-order valence-electron chi connectivity index (χ4n) is 5.71. The van der Waals surface area contributed by atoms with Crippen LogP contribution in [0.1, 0.15) is 53.0 Å². The summed E-state index contributed by atoms with van der Waals surface area (Å²) in [6, 6.07) is 12.0. The van der Waals surface area contributed by atoms with Gasteiger partial charge in [0, 0.05) is 41.8 Å². The number of carboxylic acids is 1. The highest BCUT2D eigenvalue weighted by Gasteiger charge is 2.54. The van der Waals surface area contributed by atoms with Crippen LogP contribution in [0, 0.1) is 24.2 Å². The minimum Gasteiger partial charge on any atom is -0.477 e. The molecule has 9 heteroatoms. The number of carbonyl (C=O) groups excluding carboxylic acids is 2. The first kappa shape index (κ1) is 24.9. The van der Waals surface area contributed by atoms with Crippen LogP contribution in [0.3, 0.4) is 0 Å². The monoisotopic (exact) mass is 487 g/mol. The van der Waals surface area contributed by atoms with Crippen molar-refractivity contribution in [3.8, 4) is 6.07 Å². The number of carboxylic acid groups (broad SMARTS) is 1. The minimum atomic E-state index is -1.52. The van der Waals surface area contributed by atoms with Gasteiger partial charge in [-0.15, -0.1) is 0 Å². The number of rotatable bonds is 7. The van der Waals surface area contributed by atoms with Crippen LogP contribution in [0.25, 0.3) is 10.9 Å². The molecule has 1 aliphatic rings. The first-order valence-corrected chi connectivity index (χ1v) is 11.9. The SMILES string of the molecule is Cc1cc(CC(C#N)NC(=O)[C@@H]2CCCC[C@@]2(C(N)=O)c2c(C(=O)O)n(C)c3ccccc23)ccn1. The number of nitrogens with two attached hydrogens (primary N) is 1. The van der Waals surface area contributed by atoms with Crippen molar-refractivity contribution in [2.24, 2.45) is 18.7 Å². The molecule has 1 aromatic carbocycles. The van der Waals surface area contributed by atoms with Crippen molar-refractivity contribution < 1.29 is 19.5 Å². The Kier molecular flexibility index (Phi) is 6.80. The number of aromatic nitrogens is 2. The van der Waals surface area contributed by atoms with E-state index in [4.69, 9.17) is 5.73 Å². The molecule has 0 bridgehead atoms. The Morgan fingerprint density at radius 3 is 2.72 bits per heavy atom. The molecular formula is C27H29N5O4. The summed E-state index contributed by atoms with van der Waals surface area (Å²) >= 11 is 0. The van der Waals surface area contributed by atoms with Crippen LogP contribution in [0.2, 0.25) is 0 Å². The van der Waals surface area contributed by atoms with E-state index < -0.39 is 35.2 Å². The third-order valence-corrected chi connectivity index (χ3v) is 7.29. The number of primary amides is 1. The summed E-state index contributed by atoms with van der Waals surface area (Å²) in [5, 5.41) is 23.3. The Bertz CT molecular complexity index is 1390. The summed E-state index contributed by atoms with van der Waals surface area (Å²) in [5.41, 5.74) is 7.02. The number of carbonyl (C=O) groups is 3. The van der Waals surface area contributed by atoms with Crippen molar-refractivity contribution in [2.75, 3.05) is 0 Å². The van der Waals surface area contributed by atoms with E-state index in [2.05, 4.69) is 16.4 Å². The molecule has 36 heavy (non-hydrogen) atoms. The highest BCUT2D eigenvalue weighted by Crippen LogP contribution is 2.48. The van der Waals surface area contributed by atoms with Crippen LogP contribution in [0.15, 0.2) is 42.6 Å². The fourth-order valence-corrected chi connectivity index (χ4v) is 5.71. The average Bonchev–Trinajstić information content (AvgIpc) is 3.16. The zero-order valence-electron chi connectivity index (χ0n) is 20.3. The summed E-state index contributed by atoms with van der Waals surface area (Å²) in [4.78, 5) is 43.6. The lowest BCUT2D eigenvalue weighted by Gasteiger charge is -2.41. The summed E-state index contributed by atoms with van der Waals surface area (Å²) in [5.74, 6) is -3.32. The van der Waals surface area contributed by atoms with E-state index in [1.807, 2.05) is 13.0 Å². The number of hydrogen-bond acceptors (Lipinski definition) is 5. The van der Waals surface area contributed by atoms with Crippen LogP contribution in [0.5, 0.6) is 0 Å². The highest BCUT2D eigenvalue weighted by atomic mass is 16.4. The molecular weight excluding hydrogens is 458 g/mol. The average molecular weight is 488 g/mol. The number of aromatic carboxylic acids is 1. The normalized spacial score (nSPS) is 20.4. The maximum absolute atomic E-state index is 13.7. The Balaban J connectivity index is 1.79. The number of nitrogens with one attached hydrogen (secondary N) is 1. The number of benzene rings is 1. The van der Waals surface area contributed by atoms with Gasteiger partial charge in [0.05, 0.1) is 17.4 Å². The molecule has 186 valence electrons. The van der Waals surface area contributed by atoms with Gasteiger partial charge in [0.1, 0.15) is 11.7 Å². The molecule has 4 N–H and O–H groups in total. The molecule has 0 saturated heterocycles. The van der Waals surface area contributed by atoms with Gasteiger partial charge in [-0.05, 0) is 43.5 Å². The minimum absolute atomic E-state index is 0.0567. The van der Waals surface area contributed by atoms with E-state index in [0.29, 0.717) is 30.2 Å². The maximum Gasteiger partial charge on any atom is 0.352 e. The third-order valence-electron chi connectivity index (χ3n) is 7.29. The van der Waals surface area contributed by atoms with Crippen molar-refractivity contribution in [1.82, 2.24) is 14.9 Å². The first-order valence-electron chi connectivity index (χ1n) is 11.9. The first-order chi connectivity index (χ1) is 17.2. The van der Waals surface area contributed by atoms with Crippen molar-refractivity contribution in [1.29, 1.82) is 5.26 Å². The standard InChI is InChI=1S/C27H29N5O4/c1-16-13-17(10-12-30-16)14-18(15-28)31-24(33)20-8-5-6-11-27(20,26(29)36)22-19-7-3-4-9-21(19)32(2)23(22)25(34)35/h3-4,7,9-10,12-13,18,20H,5-6,8,11,14H2,1-2H3,(H2,29,36)(H,31,33)(H,34,35)/t18?,20-,27-/m0/s1. The number of fused-ring (bicyclic) bond motifs is 1. The Hall–Kier alpha value is -4.19. The van der Waals surface area contributed by atoms with Crippen molar-refractivity contribution in [3.05, 3.63) is 65.1 Å². The molecule has 0 spiro atoms. The molecule has 1 unspecified atom stereocenters. The van der Waals surface area contributed by atoms with Gasteiger partial charge in [-0.3, -0.25) is 14.6 Å². The van der Waals surface area contributed by atoms with E-state index in [9.17, 15) is 24.8 Å². The predicted molar refractivity (Wildman–Crippen MR) is 133 cm³/mol. The predicted octanol–water partition coefficient (Wildman–Crippen LogP) is 2.74. The number of amides is 2. The molecule has 0 aliphatic heterocycles. The molecule has 2 aromatic heterocycles. The van der Waals surface area contributed by atoms with Crippen molar-refractivity contribution in [2.45, 2.75) is 50.5 Å². The van der Waals surface area contributed by atoms with Gasteiger partial charge in [0.15, 0.2) is 0 Å². The summed E-state index contributed by atoms with van der Waals surface area (Å²) in [6.07, 6.45) is 3.82. The van der Waals surface area contributed by atoms with Gasteiger partial charge in [-0.2, -0.15) is 5.26 Å². The van der Waals surface area contributed by atoms with Gasteiger partial charge < -0.3 is 20.7 Å². The second-order valence-corrected chi connectivity index (χ2v) is 9.44. The number of aryl methyl sites for hydroxylation is 2. The lowest BCUT2D eigenvalue weighted by molar-refractivity contribution is -0.137. The van der Waals surface area contributed by atoms with E-state index in [-0.39, 0.29) is 24.1 Å². The molecule has 1 fully saturated rings. The largest absolute Gasteiger partial charge is 0.477 e. The van der Waals surface area contributed by atoms with Gasteiger partial charge >= 0.3 is 5.97 Å². The fraction of sp³-hybridized carbons (Fsp3) is 0.370. The molecule has 3 atom stereocenters. The number of nitrogens with zero attached hydrogens (tertiary/aromatic N) is 3.